The van der Waals surface area contributed by atoms with E-state index in [2.05, 4.69) is 5.32 Å². The molecule has 0 aliphatic rings. The molecule has 98 valence electrons. The molecule has 2 aromatic rings. The molecule has 0 aliphatic carbocycles. The normalized spacial score (nSPS) is 10.2. The highest BCUT2D eigenvalue weighted by atomic mass is 19.1. The first-order chi connectivity index (χ1) is 9.06. The van der Waals surface area contributed by atoms with Crippen molar-refractivity contribution >= 4 is 5.91 Å². The first-order valence-corrected chi connectivity index (χ1v) is 5.78. The second-order valence-electron chi connectivity index (χ2n) is 4.21. The molecule has 0 bridgehead atoms. The summed E-state index contributed by atoms with van der Waals surface area (Å²) >= 11 is 0. The van der Waals surface area contributed by atoms with Gasteiger partial charge >= 0.3 is 0 Å². The number of halogens is 1. The fourth-order valence-corrected chi connectivity index (χ4v) is 1.59. The number of carbonyl (C=O) groups is 1. The molecule has 1 aromatic heterocycles. The molecule has 0 spiro atoms. The van der Waals surface area contributed by atoms with E-state index in [4.69, 9.17) is 0 Å². The second-order valence-corrected chi connectivity index (χ2v) is 4.21. The molecular weight excluding hydrogens is 247 g/mol. The van der Waals surface area contributed by atoms with Gasteiger partial charge in [-0.1, -0.05) is 12.1 Å². The van der Waals surface area contributed by atoms with Gasteiger partial charge < -0.3 is 10.5 Å². The maximum absolute atomic E-state index is 13.3. The topological polar surface area (TPSA) is 56.0 Å². The summed E-state index contributed by atoms with van der Waals surface area (Å²) in [5, 5.41) is 13.5. The van der Waals surface area contributed by atoms with Crippen molar-refractivity contribution in [1.29, 1.82) is 0 Å². The van der Waals surface area contributed by atoms with Crippen LogP contribution in [-0.4, -0.2) is 5.91 Å². The Balaban J connectivity index is 2.00. The van der Waals surface area contributed by atoms with Crippen LogP contribution in [0.1, 0.15) is 21.5 Å². The predicted octanol–water partition coefficient (Wildman–Crippen LogP) is 1.70. The highest BCUT2D eigenvalue weighted by Crippen LogP contribution is 2.09. The van der Waals surface area contributed by atoms with Gasteiger partial charge in [-0.3, -0.25) is 4.79 Å². The zero-order valence-electron chi connectivity index (χ0n) is 10.4. The average molecular weight is 260 g/mol. The van der Waals surface area contributed by atoms with Crippen molar-refractivity contribution < 1.29 is 13.9 Å². The van der Waals surface area contributed by atoms with Gasteiger partial charge in [-0.15, -0.1) is 0 Å². The fraction of sp³-hybridized carbons (Fsp3) is 0.143. The molecule has 5 heteroatoms. The third-order valence-electron chi connectivity index (χ3n) is 2.75. The summed E-state index contributed by atoms with van der Waals surface area (Å²) in [6.45, 7) is 1.92. The Morgan fingerprint density at radius 3 is 2.63 bits per heavy atom. The lowest BCUT2D eigenvalue weighted by Gasteiger charge is -2.06. The van der Waals surface area contributed by atoms with Crippen molar-refractivity contribution in [2.75, 3.05) is 0 Å². The fourth-order valence-electron chi connectivity index (χ4n) is 1.59. The summed E-state index contributed by atoms with van der Waals surface area (Å²) in [5.74, 6) is -0.597. The molecule has 0 radical (unpaired) electrons. The Hall–Kier alpha value is -2.43. The molecular formula is C14H13FN2O2. The number of nitrogens with one attached hydrogen (secondary N) is 1. The van der Waals surface area contributed by atoms with Gasteiger partial charge in [0.25, 0.3) is 5.91 Å². The lowest BCUT2D eigenvalue weighted by atomic mass is 10.1. The van der Waals surface area contributed by atoms with E-state index in [1.54, 1.807) is 19.1 Å². The molecule has 4 nitrogen and oxygen atoms in total. The molecule has 2 rings (SSSR count). The molecule has 0 fully saturated rings. The van der Waals surface area contributed by atoms with Crippen LogP contribution in [0.25, 0.3) is 0 Å². The number of hydrogen-bond donors (Lipinski definition) is 1. The van der Waals surface area contributed by atoms with Gasteiger partial charge in [0.15, 0.2) is 12.4 Å². The highest BCUT2D eigenvalue weighted by molar-refractivity contribution is 5.93. The van der Waals surface area contributed by atoms with Crippen molar-refractivity contribution in [1.82, 2.24) is 5.32 Å². The van der Waals surface area contributed by atoms with E-state index in [0.29, 0.717) is 21.4 Å². The summed E-state index contributed by atoms with van der Waals surface area (Å²) in [4.78, 5) is 11.8. The van der Waals surface area contributed by atoms with Gasteiger partial charge in [0.05, 0.1) is 5.56 Å². The van der Waals surface area contributed by atoms with Crippen LogP contribution in [0.3, 0.4) is 0 Å². The third kappa shape index (κ3) is 3.28. The van der Waals surface area contributed by atoms with E-state index < -0.39 is 0 Å². The Kier molecular flexibility index (Phi) is 3.75. The van der Waals surface area contributed by atoms with Crippen LogP contribution in [0.2, 0.25) is 0 Å². The predicted molar refractivity (Wildman–Crippen MR) is 67.7 cm³/mol. The van der Waals surface area contributed by atoms with Crippen molar-refractivity contribution in [3.8, 4) is 0 Å². The molecule has 1 N–H and O–H groups in total. The Labute approximate surface area is 110 Å². The maximum atomic E-state index is 13.3. The number of aromatic nitrogens is 1. The van der Waals surface area contributed by atoms with Crippen molar-refractivity contribution in [2.45, 2.75) is 13.5 Å². The van der Waals surface area contributed by atoms with Crippen molar-refractivity contribution in [2.24, 2.45) is 0 Å². The van der Waals surface area contributed by atoms with Crippen molar-refractivity contribution in [3.05, 3.63) is 70.4 Å². The lowest BCUT2D eigenvalue weighted by Crippen LogP contribution is -2.27. The number of amides is 1. The number of pyridine rings is 1. The first-order valence-electron chi connectivity index (χ1n) is 5.78. The van der Waals surface area contributed by atoms with Gasteiger partial charge in [0, 0.05) is 18.7 Å². The number of nitrogens with zero attached hydrogens (tertiary/aromatic N) is 1. The number of rotatable bonds is 3. The van der Waals surface area contributed by atoms with E-state index in [9.17, 15) is 14.4 Å². The molecule has 1 amide bonds. The summed E-state index contributed by atoms with van der Waals surface area (Å²) in [6, 6.07) is 7.68. The molecule has 1 aromatic carbocycles. The average Bonchev–Trinajstić information content (AvgIpc) is 2.40. The number of benzene rings is 1. The van der Waals surface area contributed by atoms with Gasteiger partial charge in [0.1, 0.15) is 5.82 Å². The minimum Gasteiger partial charge on any atom is -0.619 e. The minimum atomic E-state index is -0.304. The smallest absolute Gasteiger partial charge is 0.252 e. The van der Waals surface area contributed by atoms with Crippen LogP contribution < -0.4 is 10.0 Å². The Morgan fingerprint density at radius 2 is 2.00 bits per heavy atom. The van der Waals surface area contributed by atoms with E-state index in [-0.39, 0.29) is 18.3 Å². The van der Waals surface area contributed by atoms with Gasteiger partial charge in [0.2, 0.25) is 0 Å². The summed E-state index contributed by atoms with van der Waals surface area (Å²) in [7, 11) is 0. The molecule has 0 saturated carbocycles. The van der Waals surface area contributed by atoms with E-state index in [1.807, 2.05) is 0 Å². The van der Waals surface area contributed by atoms with E-state index in [0.717, 1.165) is 0 Å². The minimum absolute atomic E-state index is 0.238. The standard InChI is InChI=1S/C14H13FN2O2/c1-10-2-3-11(8-13(10)15)9-16-14(18)12-4-6-17(19)7-5-12/h2-8H,9H2,1H3,(H,16,18). The van der Waals surface area contributed by atoms with Gasteiger partial charge in [-0.05, 0) is 24.1 Å². The summed E-state index contributed by atoms with van der Waals surface area (Å²) in [6.07, 6.45) is 2.50. The first kappa shape index (κ1) is 13.0. The lowest BCUT2D eigenvalue weighted by molar-refractivity contribution is -0.605. The van der Waals surface area contributed by atoms with E-state index >= 15 is 0 Å². The molecule has 0 saturated heterocycles. The zero-order chi connectivity index (χ0) is 13.8. The van der Waals surface area contributed by atoms with E-state index in [1.165, 1.54) is 30.6 Å². The Morgan fingerprint density at radius 1 is 1.32 bits per heavy atom. The molecule has 0 unspecified atom stereocenters. The van der Waals surface area contributed by atoms with Gasteiger partial charge in [-0.2, -0.15) is 4.73 Å². The summed E-state index contributed by atoms with van der Waals surface area (Å²) < 4.78 is 13.9. The van der Waals surface area contributed by atoms with Crippen LogP contribution in [0.4, 0.5) is 4.39 Å². The zero-order valence-corrected chi connectivity index (χ0v) is 10.4. The van der Waals surface area contributed by atoms with Crippen LogP contribution >= 0.6 is 0 Å². The number of aryl methyl sites for hydroxylation is 1. The largest absolute Gasteiger partial charge is 0.619 e. The Bertz CT molecular complexity index is 597. The SMILES string of the molecule is Cc1ccc(CNC(=O)c2cc[n+]([O-])cc2)cc1F. The third-order valence-corrected chi connectivity index (χ3v) is 2.75. The monoisotopic (exact) mass is 260 g/mol. The molecule has 1 heterocycles. The molecule has 0 atom stereocenters. The molecule has 0 aliphatic heterocycles. The number of carbonyl (C=O) groups excluding carboxylic acids is 1. The van der Waals surface area contributed by atoms with Crippen LogP contribution in [-0.2, 0) is 6.54 Å². The van der Waals surface area contributed by atoms with Crippen LogP contribution in [0, 0.1) is 17.9 Å². The molecule has 19 heavy (non-hydrogen) atoms. The van der Waals surface area contributed by atoms with Crippen molar-refractivity contribution in [3.63, 3.8) is 0 Å². The number of hydrogen-bond acceptors (Lipinski definition) is 2. The second kappa shape index (κ2) is 5.48. The maximum Gasteiger partial charge on any atom is 0.252 e. The summed E-state index contributed by atoms with van der Waals surface area (Å²) in [5.41, 5.74) is 1.64. The quantitative estimate of drug-likeness (QED) is 0.674. The van der Waals surface area contributed by atoms with Crippen LogP contribution in [0.5, 0.6) is 0 Å². The van der Waals surface area contributed by atoms with Crippen LogP contribution in [0.15, 0.2) is 42.7 Å². The highest BCUT2D eigenvalue weighted by Gasteiger charge is 2.07. The van der Waals surface area contributed by atoms with Gasteiger partial charge in [-0.25, -0.2) is 4.39 Å².